The molecule has 5 nitrogen and oxygen atoms in total. The molecule has 0 fully saturated rings. The van der Waals surface area contributed by atoms with E-state index in [4.69, 9.17) is 28.2 Å². The average Bonchev–Trinajstić information content (AvgIpc) is 2.78. The molecule has 0 amide bonds. The van der Waals surface area contributed by atoms with E-state index in [0.717, 1.165) is 46.7 Å². The zero-order chi connectivity index (χ0) is 22.2. The highest BCUT2D eigenvalue weighted by Crippen LogP contribution is 2.31. The van der Waals surface area contributed by atoms with Crippen LogP contribution >= 0.6 is 23.2 Å². The Hall–Kier alpha value is -2.89. The van der Waals surface area contributed by atoms with E-state index in [1.807, 2.05) is 43.5 Å². The molecule has 0 atom stereocenters. The van der Waals surface area contributed by atoms with E-state index < -0.39 is 4.92 Å². The van der Waals surface area contributed by atoms with E-state index in [0.29, 0.717) is 11.8 Å². The number of para-hydroxylation sites is 1. The van der Waals surface area contributed by atoms with Gasteiger partial charge in [-0.05, 0) is 53.9 Å². The molecule has 3 aromatic carbocycles. The van der Waals surface area contributed by atoms with Gasteiger partial charge in [0, 0.05) is 54.4 Å². The predicted octanol–water partition coefficient (Wildman–Crippen LogP) is 6.60. The number of hydrogen-bond donors (Lipinski definition) is 0. The zero-order valence-electron chi connectivity index (χ0n) is 17.2. The Bertz CT molecular complexity index is 1060. The van der Waals surface area contributed by atoms with Gasteiger partial charge in [-0.2, -0.15) is 0 Å². The molecule has 0 aliphatic heterocycles. The summed E-state index contributed by atoms with van der Waals surface area (Å²) in [6.07, 6.45) is 1.84. The molecule has 7 heteroatoms. The lowest BCUT2D eigenvalue weighted by Crippen LogP contribution is -2.27. The minimum atomic E-state index is -0.401. The number of anilines is 1. The van der Waals surface area contributed by atoms with Gasteiger partial charge in [-0.3, -0.25) is 15.1 Å². The molecule has 0 radical (unpaired) electrons. The Morgan fingerprint density at radius 1 is 1.00 bits per heavy atom. The van der Waals surface area contributed by atoms with E-state index >= 15 is 0 Å². The topological polar surface area (TPSA) is 58.7 Å². The Morgan fingerprint density at radius 3 is 2.29 bits per heavy atom. The van der Waals surface area contributed by atoms with Gasteiger partial charge < -0.3 is 4.90 Å². The lowest BCUT2D eigenvalue weighted by molar-refractivity contribution is -0.384. The fourth-order valence-corrected chi connectivity index (χ4v) is 3.72. The molecule has 0 aromatic heterocycles. The van der Waals surface area contributed by atoms with Crippen molar-refractivity contribution in [3.63, 3.8) is 0 Å². The highest BCUT2D eigenvalue weighted by Gasteiger charge is 2.09. The van der Waals surface area contributed by atoms with Gasteiger partial charge in [-0.1, -0.05) is 24.3 Å². The Balaban J connectivity index is 1.86. The van der Waals surface area contributed by atoms with Crippen LogP contribution in [0, 0.1) is 17.0 Å². The molecule has 0 unspecified atom stereocenters. The van der Waals surface area contributed by atoms with Gasteiger partial charge in [0.25, 0.3) is 5.69 Å². The number of aryl methyl sites for hydroxylation is 1. The van der Waals surface area contributed by atoms with Crippen LogP contribution in [0.4, 0.5) is 17.1 Å². The molecule has 3 rings (SSSR count). The summed E-state index contributed by atoms with van der Waals surface area (Å²) in [5, 5.41) is 10.9. The first-order chi connectivity index (χ1) is 15.0. The van der Waals surface area contributed by atoms with Crippen molar-refractivity contribution in [1.29, 1.82) is 0 Å². The molecular formula is C24H23Cl2N3O2. The van der Waals surface area contributed by atoms with Gasteiger partial charge in [0.2, 0.25) is 0 Å². The Morgan fingerprint density at radius 2 is 1.68 bits per heavy atom. The second-order valence-electron chi connectivity index (χ2n) is 6.99. The van der Waals surface area contributed by atoms with E-state index in [2.05, 4.69) is 17.0 Å². The second kappa shape index (κ2) is 10.9. The molecule has 0 bridgehead atoms. The number of halogens is 2. The largest absolute Gasteiger partial charge is 0.369 e. The Kier molecular flexibility index (Phi) is 8.04. The maximum absolute atomic E-state index is 10.9. The monoisotopic (exact) mass is 455 g/mol. The maximum Gasteiger partial charge on any atom is 0.269 e. The first kappa shape index (κ1) is 22.8. The molecule has 0 aliphatic carbocycles. The quantitative estimate of drug-likeness (QED) is 0.158. The van der Waals surface area contributed by atoms with Crippen LogP contribution in [0.25, 0.3) is 11.1 Å². The number of hydrogen-bond acceptors (Lipinski definition) is 4. The third-order valence-corrected chi connectivity index (χ3v) is 5.30. The van der Waals surface area contributed by atoms with Gasteiger partial charge in [-0.25, -0.2) is 0 Å². The summed E-state index contributed by atoms with van der Waals surface area (Å²) in [4.78, 5) is 17.4. The highest BCUT2D eigenvalue weighted by atomic mass is 35.5. The number of aliphatic imine (C=N–C) groups is 1. The van der Waals surface area contributed by atoms with Crippen molar-refractivity contribution in [2.45, 2.75) is 6.92 Å². The number of nitrogens with zero attached hydrogens (tertiary/aromatic N) is 3. The smallest absolute Gasteiger partial charge is 0.269 e. The average molecular weight is 456 g/mol. The van der Waals surface area contributed by atoms with Crippen LogP contribution in [0.1, 0.15) is 11.1 Å². The van der Waals surface area contributed by atoms with Crippen molar-refractivity contribution in [2.24, 2.45) is 4.99 Å². The molecule has 0 spiro atoms. The number of nitro groups is 1. The second-order valence-corrected chi connectivity index (χ2v) is 7.74. The summed E-state index contributed by atoms with van der Waals surface area (Å²) in [7, 11) is 0. The molecular weight excluding hydrogens is 433 g/mol. The van der Waals surface area contributed by atoms with Crippen LogP contribution in [-0.2, 0) is 0 Å². The summed E-state index contributed by atoms with van der Waals surface area (Å²) in [6.45, 7) is 3.53. The first-order valence-corrected chi connectivity index (χ1v) is 11.0. The van der Waals surface area contributed by atoms with Crippen LogP contribution in [0.3, 0.4) is 0 Å². The summed E-state index contributed by atoms with van der Waals surface area (Å²) in [5.74, 6) is 1.08. The van der Waals surface area contributed by atoms with Gasteiger partial charge >= 0.3 is 0 Å². The van der Waals surface area contributed by atoms with Gasteiger partial charge in [0.05, 0.1) is 10.6 Å². The minimum absolute atomic E-state index is 0.0674. The maximum atomic E-state index is 10.9. The fraction of sp³-hybridized carbons (Fsp3) is 0.208. The standard InChI is InChI=1S/C24H23Cl2N3O2/c1-18-16-22(28(14-12-25)15-13-26)11-8-20(18)17-27-24-5-3-2-4-23(24)19-6-9-21(10-7-19)29(30)31/h2-11,16-17H,12-15H2,1H3. The number of non-ortho nitro benzene ring substituents is 1. The summed E-state index contributed by atoms with van der Waals surface area (Å²) < 4.78 is 0. The molecule has 0 heterocycles. The zero-order valence-corrected chi connectivity index (χ0v) is 18.7. The SMILES string of the molecule is Cc1cc(N(CCCl)CCCl)ccc1C=Nc1ccccc1-c1ccc([N+](=O)[O-])cc1. The number of benzene rings is 3. The summed E-state index contributed by atoms with van der Waals surface area (Å²) >= 11 is 11.8. The predicted molar refractivity (Wildman–Crippen MR) is 131 cm³/mol. The molecule has 160 valence electrons. The molecule has 0 N–H and O–H groups in total. The summed E-state index contributed by atoms with van der Waals surface area (Å²) in [5.41, 5.74) is 5.86. The Labute approximate surface area is 192 Å². The molecule has 0 saturated carbocycles. The van der Waals surface area contributed by atoms with Crippen LogP contribution in [0.5, 0.6) is 0 Å². The van der Waals surface area contributed by atoms with Gasteiger partial charge in [-0.15, -0.1) is 23.2 Å². The number of rotatable bonds is 9. The van der Waals surface area contributed by atoms with Crippen molar-refractivity contribution in [3.05, 3.63) is 88.0 Å². The fourth-order valence-electron chi connectivity index (χ4n) is 3.31. The third-order valence-electron chi connectivity index (χ3n) is 4.96. The van der Waals surface area contributed by atoms with Crippen LogP contribution < -0.4 is 4.90 Å². The molecule has 0 aliphatic rings. The molecule has 0 saturated heterocycles. The van der Waals surface area contributed by atoms with Crippen LogP contribution in [0.2, 0.25) is 0 Å². The minimum Gasteiger partial charge on any atom is -0.369 e. The highest BCUT2D eigenvalue weighted by molar-refractivity contribution is 6.18. The molecule has 31 heavy (non-hydrogen) atoms. The van der Waals surface area contributed by atoms with Crippen molar-refractivity contribution in [2.75, 3.05) is 29.7 Å². The van der Waals surface area contributed by atoms with E-state index in [1.165, 1.54) is 12.1 Å². The first-order valence-electron chi connectivity index (χ1n) is 9.89. The van der Waals surface area contributed by atoms with E-state index in [9.17, 15) is 10.1 Å². The van der Waals surface area contributed by atoms with Crippen molar-refractivity contribution < 1.29 is 4.92 Å². The van der Waals surface area contributed by atoms with Crippen molar-refractivity contribution >= 4 is 46.5 Å². The van der Waals surface area contributed by atoms with E-state index in [1.54, 1.807) is 12.1 Å². The van der Waals surface area contributed by atoms with Gasteiger partial charge in [0.15, 0.2) is 0 Å². The van der Waals surface area contributed by atoms with E-state index in [-0.39, 0.29) is 5.69 Å². The van der Waals surface area contributed by atoms with Crippen molar-refractivity contribution in [1.82, 2.24) is 0 Å². The van der Waals surface area contributed by atoms with Crippen LogP contribution in [0.15, 0.2) is 71.7 Å². The number of nitro benzene ring substituents is 1. The third kappa shape index (κ3) is 5.84. The lowest BCUT2D eigenvalue weighted by Gasteiger charge is -2.23. The molecule has 3 aromatic rings. The number of alkyl halides is 2. The van der Waals surface area contributed by atoms with Crippen molar-refractivity contribution in [3.8, 4) is 11.1 Å². The normalized spacial score (nSPS) is 11.1. The van der Waals surface area contributed by atoms with Crippen LogP contribution in [-0.4, -0.2) is 36.0 Å². The summed E-state index contributed by atoms with van der Waals surface area (Å²) in [6, 6.07) is 20.4. The van der Waals surface area contributed by atoms with Gasteiger partial charge in [0.1, 0.15) is 0 Å². The lowest BCUT2D eigenvalue weighted by atomic mass is 10.0.